The van der Waals surface area contributed by atoms with Crippen LogP contribution in [0.25, 0.3) is 0 Å². The van der Waals surface area contributed by atoms with Crippen LogP contribution in [0.15, 0.2) is 18.6 Å². The van der Waals surface area contributed by atoms with E-state index >= 15 is 0 Å². The maximum Gasteiger partial charge on any atom is 0.313 e. The van der Waals surface area contributed by atoms with Crippen LogP contribution in [-0.4, -0.2) is 71.4 Å². The van der Waals surface area contributed by atoms with Crippen molar-refractivity contribution in [3.63, 3.8) is 0 Å². The average Bonchev–Trinajstić information content (AvgIpc) is 3.12. The third-order valence-corrected chi connectivity index (χ3v) is 5.64. The van der Waals surface area contributed by atoms with Gasteiger partial charge in [-0.15, -0.1) is 0 Å². The molecule has 0 unspecified atom stereocenters. The van der Waals surface area contributed by atoms with Gasteiger partial charge in [0.1, 0.15) is 11.2 Å². The highest BCUT2D eigenvalue weighted by Gasteiger charge is 2.58. The summed E-state index contributed by atoms with van der Waals surface area (Å²) in [6.07, 6.45) is 7.03. The van der Waals surface area contributed by atoms with E-state index in [-0.39, 0.29) is 5.92 Å². The summed E-state index contributed by atoms with van der Waals surface area (Å²) in [5.41, 5.74) is -0.685. The lowest BCUT2D eigenvalue weighted by atomic mass is 9.81. The molecular formula is C16H22N4O3. The van der Waals surface area contributed by atoms with Crippen molar-refractivity contribution in [1.82, 2.24) is 14.9 Å². The van der Waals surface area contributed by atoms with E-state index < -0.39 is 11.4 Å². The van der Waals surface area contributed by atoms with Gasteiger partial charge in [-0.1, -0.05) is 0 Å². The molecule has 0 saturated carbocycles. The number of rotatable bonds is 3. The van der Waals surface area contributed by atoms with E-state index in [0.717, 1.165) is 45.0 Å². The number of carbonyl (C=O) groups is 1. The number of carboxylic acids is 1. The molecule has 0 spiro atoms. The van der Waals surface area contributed by atoms with E-state index in [2.05, 4.69) is 19.8 Å². The largest absolute Gasteiger partial charge is 0.481 e. The Morgan fingerprint density at radius 2 is 2.09 bits per heavy atom. The van der Waals surface area contributed by atoms with Crippen molar-refractivity contribution >= 4 is 11.8 Å². The molecule has 1 N–H and O–H groups in total. The quantitative estimate of drug-likeness (QED) is 0.868. The van der Waals surface area contributed by atoms with Gasteiger partial charge in [0.05, 0.1) is 6.20 Å². The van der Waals surface area contributed by atoms with Gasteiger partial charge >= 0.3 is 5.97 Å². The van der Waals surface area contributed by atoms with E-state index in [1.54, 1.807) is 18.6 Å². The van der Waals surface area contributed by atoms with Crippen LogP contribution in [0.5, 0.6) is 0 Å². The van der Waals surface area contributed by atoms with Gasteiger partial charge in [-0.3, -0.25) is 14.7 Å². The zero-order chi connectivity index (χ0) is 15.9. The number of carboxylic acid groups (broad SMARTS) is 1. The number of anilines is 1. The number of likely N-dealkylation sites (tertiary alicyclic amines) is 1. The SMILES string of the molecule is O=C(O)[C@]12CN(c3cnccn3)C[C@H]1CN(C1CCOCC1)C2. The summed E-state index contributed by atoms with van der Waals surface area (Å²) in [4.78, 5) is 25.0. The number of aromatic nitrogens is 2. The zero-order valence-corrected chi connectivity index (χ0v) is 13.1. The predicted molar refractivity (Wildman–Crippen MR) is 83.2 cm³/mol. The second-order valence-electron chi connectivity index (χ2n) is 6.88. The fourth-order valence-corrected chi connectivity index (χ4v) is 4.36. The van der Waals surface area contributed by atoms with Crippen LogP contribution in [0.1, 0.15) is 12.8 Å². The standard InChI is InChI=1S/C16H22N4O3/c21-15(22)16-10-19(13-1-5-23-6-2-13)8-12(16)9-20(11-16)14-7-17-3-4-18-14/h3-4,7,12-13H,1-2,5-6,8-11H2,(H,21,22)/t12-,16-/m1/s1. The Labute approximate surface area is 135 Å². The second-order valence-corrected chi connectivity index (χ2v) is 6.88. The van der Waals surface area contributed by atoms with E-state index in [1.807, 2.05) is 0 Å². The van der Waals surface area contributed by atoms with Crippen molar-refractivity contribution in [1.29, 1.82) is 0 Å². The topological polar surface area (TPSA) is 78.8 Å². The fourth-order valence-electron chi connectivity index (χ4n) is 4.36. The summed E-state index contributed by atoms with van der Waals surface area (Å²) in [5, 5.41) is 9.94. The summed E-state index contributed by atoms with van der Waals surface area (Å²) < 4.78 is 5.43. The minimum Gasteiger partial charge on any atom is -0.481 e. The lowest BCUT2D eigenvalue weighted by Crippen LogP contribution is -2.44. The maximum absolute atomic E-state index is 12.1. The van der Waals surface area contributed by atoms with Gasteiger partial charge in [-0.05, 0) is 12.8 Å². The Kier molecular flexibility index (Phi) is 3.69. The Hall–Kier alpha value is -1.73. The second kappa shape index (κ2) is 5.72. The first kappa shape index (κ1) is 14.8. The summed E-state index contributed by atoms with van der Waals surface area (Å²) in [5.74, 6) is 0.244. The van der Waals surface area contributed by atoms with Crippen molar-refractivity contribution < 1.29 is 14.6 Å². The Balaban J connectivity index is 1.53. The molecule has 3 saturated heterocycles. The molecule has 1 aromatic rings. The van der Waals surface area contributed by atoms with Gasteiger partial charge in [0.15, 0.2) is 0 Å². The molecule has 7 heteroatoms. The molecule has 124 valence electrons. The number of aliphatic carboxylic acids is 1. The van der Waals surface area contributed by atoms with Crippen LogP contribution in [0.2, 0.25) is 0 Å². The van der Waals surface area contributed by atoms with Gasteiger partial charge in [0.25, 0.3) is 0 Å². The number of hydrogen-bond donors (Lipinski definition) is 1. The summed E-state index contributed by atoms with van der Waals surface area (Å²) in [6.45, 7) is 4.33. The molecule has 4 rings (SSSR count). The molecule has 0 bridgehead atoms. The molecule has 2 atom stereocenters. The number of nitrogens with zero attached hydrogens (tertiary/aromatic N) is 4. The first-order chi connectivity index (χ1) is 11.2. The monoisotopic (exact) mass is 318 g/mol. The Morgan fingerprint density at radius 1 is 1.26 bits per heavy atom. The highest BCUT2D eigenvalue weighted by atomic mass is 16.5. The van der Waals surface area contributed by atoms with Gasteiger partial charge in [-0.2, -0.15) is 0 Å². The minimum absolute atomic E-state index is 0.143. The molecular weight excluding hydrogens is 296 g/mol. The van der Waals surface area contributed by atoms with Crippen LogP contribution in [-0.2, 0) is 9.53 Å². The summed E-state index contributed by atoms with van der Waals surface area (Å²) in [6, 6.07) is 0.468. The highest BCUT2D eigenvalue weighted by molar-refractivity contribution is 5.78. The number of ether oxygens (including phenoxy) is 1. The van der Waals surface area contributed by atoms with E-state index in [0.29, 0.717) is 19.1 Å². The number of fused-ring (bicyclic) bond motifs is 1. The third-order valence-electron chi connectivity index (χ3n) is 5.64. The molecule has 3 aliphatic heterocycles. The maximum atomic E-state index is 12.1. The Bertz CT molecular complexity index is 578. The van der Waals surface area contributed by atoms with Crippen molar-refractivity contribution in [2.45, 2.75) is 18.9 Å². The molecule has 0 amide bonds. The van der Waals surface area contributed by atoms with Crippen LogP contribution >= 0.6 is 0 Å². The van der Waals surface area contributed by atoms with E-state index in [1.165, 1.54) is 0 Å². The molecule has 3 fully saturated rings. The summed E-state index contributed by atoms with van der Waals surface area (Å²) in [7, 11) is 0. The smallest absolute Gasteiger partial charge is 0.313 e. The van der Waals surface area contributed by atoms with E-state index in [9.17, 15) is 9.90 Å². The molecule has 23 heavy (non-hydrogen) atoms. The lowest BCUT2D eigenvalue weighted by Gasteiger charge is -2.33. The van der Waals surface area contributed by atoms with Gasteiger partial charge in [-0.25, -0.2) is 4.98 Å². The molecule has 7 nitrogen and oxygen atoms in total. The minimum atomic E-state index is -0.685. The van der Waals surface area contributed by atoms with Crippen LogP contribution in [0.3, 0.4) is 0 Å². The molecule has 3 aliphatic rings. The van der Waals surface area contributed by atoms with Gasteiger partial charge in [0, 0.05) is 63.7 Å². The summed E-state index contributed by atoms with van der Waals surface area (Å²) >= 11 is 0. The van der Waals surface area contributed by atoms with Crippen LogP contribution in [0.4, 0.5) is 5.82 Å². The molecule has 4 heterocycles. The highest BCUT2D eigenvalue weighted by Crippen LogP contribution is 2.45. The first-order valence-corrected chi connectivity index (χ1v) is 8.25. The first-order valence-electron chi connectivity index (χ1n) is 8.25. The van der Waals surface area contributed by atoms with Crippen LogP contribution in [0, 0.1) is 11.3 Å². The predicted octanol–water partition coefficient (Wildman–Crippen LogP) is 0.478. The normalized spacial score (nSPS) is 32.2. The third kappa shape index (κ3) is 2.48. The van der Waals surface area contributed by atoms with Crippen molar-refractivity contribution in [2.75, 3.05) is 44.3 Å². The van der Waals surface area contributed by atoms with Gasteiger partial charge < -0.3 is 14.7 Å². The molecule has 0 aliphatic carbocycles. The number of hydrogen-bond acceptors (Lipinski definition) is 6. The fraction of sp³-hybridized carbons (Fsp3) is 0.688. The van der Waals surface area contributed by atoms with Crippen molar-refractivity contribution in [3.05, 3.63) is 18.6 Å². The van der Waals surface area contributed by atoms with E-state index in [4.69, 9.17) is 4.74 Å². The Morgan fingerprint density at radius 3 is 2.74 bits per heavy atom. The zero-order valence-electron chi connectivity index (χ0n) is 13.1. The van der Waals surface area contributed by atoms with Crippen molar-refractivity contribution in [2.24, 2.45) is 11.3 Å². The molecule has 0 aromatic carbocycles. The average molecular weight is 318 g/mol. The van der Waals surface area contributed by atoms with Crippen LogP contribution < -0.4 is 4.90 Å². The van der Waals surface area contributed by atoms with Crippen molar-refractivity contribution in [3.8, 4) is 0 Å². The van der Waals surface area contributed by atoms with Gasteiger partial charge in [0.2, 0.25) is 0 Å². The lowest BCUT2D eigenvalue weighted by molar-refractivity contribution is -0.148. The molecule has 1 aromatic heterocycles. The molecule has 0 radical (unpaired) electrons.